The first-order chi connectivity index (χ1) is 5.13. The zero-order valence-electron chi connectivity index (χ0n) is 6.84. The largest absolute Gasteiger partial charge is 2.00 e. The topological polar surface area (TPSA) is 0 Å². The van der Waals surface area contributed by atoms with Crippen molar-refractivity contribution in [3.63, 3.8) is 0 Å². The fourth-order valence-corrected chi connectivity index (χ4v) is 0.478. The summed E-state index contributed by atoms with van der Waals surface area (Å²) in [6.07, 6.45) is 0. The molecule has 0 unspecified atom stereocenters. The van der Waals surface area contributed by atoms with Crippen LogP contribution in [0.3, 0.4) is 0 Å². The monoisotopic (exact) mass is 264 g/mol. The molecular weight excluding hydrogens is 257 g/mol. The third kappa shape index (κ3) is 18.8. The van der Waals surface area contributed by atoms with E-state index in [-0.39, 0.29) is 40.0 Å². The molecule has 0 spiro atoms. The molecule has 0 atom stereocenters. The average molecular weight is 265 g/mol. The number of hydrogen-bond donors (Lipinski definition) is 0. The number of benzene rings is 1. The molecule has 0 radical (unpaired) electrons. The molecule has 0 N–H and O–H groups in total. The first-order valence-corrected chi connectivity index (χ1v) is 2.83. The maximum absolute atomic E-state index is 9.58. The maximum Gasteiger partial charge on any atom is 2.00 e. The van der Waals surface area contributed by atoms with Crippen LogP contribution in [0.15, 0.2) is 30.3 Å². The predicted octanol–water partition coefficient (Wildman–Crippen LogP) is 3.41. The minimum Gasteiger partial charge on any atom is -0.385 e. The molecule has 0 fully saturated rings. The van der Waals surface area contributed by atoms with Crippen LogP contribution in [0.4, 0.5) is 13.2 Å². The smallest absolute Gasteiger partial charge is 0.385 e. The van der Waals surface area contributed by atoms with Crippen molar-refractivity contribution in [2.75, 3.05) is 0 Å². The second-order valence-electron chi connectivity index (χ2n) is 1.70. The summed E-state index contributed by atoms with van der Waals surface area (Å²) in [4.78, 5) is 0. The van der Waals surface area contributed by atoms with E-state index in [1.165, 1.54) is 0 Å². The molecule has 13 heavy (non-hydrogen) atoms. The van der Waals surface area contributed by atoms with Gasteiger partial charge in [0.15, 0.2) is 6.68 Å². The van der Waals surface area contributed by atoms with Gasteiger partial charge in [-0.3, -0.25) is 0 Å². The standard InChI is InChI=1S/C7H7.CF3.BrH.Mg/c1-7-5-3-2-4-6-7;2-1(3)4;;/h2-6H,1H2;;1H;/q2*-1;;+2. The first-order valence-electron chi connectivity index (χ1n) is 2.83. The summed E-state index contributed by atoms with van der Waals surface area (Å²) < 4.78 is 28.8. The third-order valence-electron chi connectivity index (χ3n) is 0.843. The summed E-state index contributed by atoms with van der Waals surface area (Å²) in [5.41, 5.74) is 1.07. The van der Waals surface area contributed by atoms with Crippen LogP contribution in [0.5, 0.6) is 0 Å². The minimum absolute atomic E-state index is 0. The third-order valence-corrected chi connectivity index (χ3v) is 0.843. The Morgan fingerprint density at radius 1 is 1.00 bits per heavy atom. The van der Waals surface area contributed by atoms with Crippen LogP contribution in [-0.4, -0.2) is 23.1 Å². The number of rotatable bonds is 0. The molecule has 0 aliphatic rings. The second-order valence-corrected chi connectivity index (χ2v) is 1.70. The van der Waals surface area contributed by atoms with Crippen LogP contribution >= 0.6 is 17.0 Å². The Morgan fingerprint density at radius 3 is 1.46 bits per heavy atom. The van der Waals surface area contributed by atoms with Crippen LogP contribution < -0.4 is 0 Å². The molecule has 70 valence electrons. The van der Waals surface area contributed by atoms with Gasteiger partial charge in [-0.15, -0.1) is 29.1 Å². The van der Waals surface area contributed by atoms with Gasteiger partial charge < -0.3 is 13.2 Å². The van der Waals surface area contributed by atoms with E-state index in [1.807, 2.05) is 30.3 Å². The minimum atomic E-state index is -3.08. The van der Waals surface area contributed by atoms with E-state index in [2.05, 4.69) is 6.92 Å². The molecule has 0 bridgehead atoms. The number of halogens is 4. The summed E-state index contributed by atoms with van der Waals surface area (Å²) in [5, 5.41) is 0. The molecule has 1 rings (SSSR count). The molecule has 0 aromatic heterocycles. The van der Waals surface area contributed by atoms with Crippen LogP contribution in [0.2, 0.25) is 0 Å². The van der Waals surface area contributed by atoms with Crippen molar-refractivity contribution in [1.82, 2.24) is 0 Å². The van der Waals surface area contributed by atoms with Gasteiger partial charge in [0.05, 0.1) is 0 Å². The SMILES string of the molecule is Br.F[C-](F)F.[CH2-]c1ccccc1.[Mg+2]. The van der Waals surface area contributed by atoms with Crippen LogP contribution in [0, 0.1) is 13.6 Å². The summed E-state index contributed by atoms with van der Waals surface area (Å²) in [7, 11) is 0. The molecule has 0 heterocycles. The quantitative estimate of drug-likeness (QED) is 0.498. The molecule has 0 nitrogen and oxygen atoms in total. The summed E-state index contributed by atoms with van der Waals surface area (Å²) in [6.45, 7) is 0.637. The van der Waals surface area contributed by atoms with Crippen molar-refractivity contribution in [3.8, 4) is 0 Å². The van der Waals surface area contributed by atoms with Gasteiger partial charge in [0.1, 0.15) is 0 Å². The van der Waals surface area contributed by atoms with Gasteiger partial charge in [-0.05, 0) is 0 Å². The van der Waals surface area contributed by atoms with Crippen molar-refractivity contribution in [1.29, 1.82) is 0 Å². The predicted molar refractivity (Wildman–Crippen MR) is 53.5 cm³/mol. The molecule has 1 aromatic rings. The molecule has 0 aliphatic carbocycles. The van der Waals surface area contributed by atoms with E-state index in [0.29, 0.717) is 0 Å². The molecular formula is C8H8BrF3Mg. The molecule has 5 heteroatoms. The van der Waals surface area contributed by atoms with Gasteiger partial charge in [0.25, 0.3) is 0 Å². The second kappa shape index (κ2) is 12.1. The molecule has 0 saturated heterocycles. The van der Waals surface area contributed by atoms with Gasteiger partial charge in [0.2, 0.25) is 0 Å². The number of hydrogen-bond acceptors (Lipinski definition) is 0. The first kappa shape index (κ1) is 18.8. The van der Waals surface area contributed by atoms with Gasteiger partial charge in [-0.2, -0.15) is 24.6 Å². The van der Waals surface area contributed by atoms with Crippen molar-refractivity contribution >= 4 is 40.0 Å². The Bertz CT molecular complexity index is 179. The van der Waals surface area contributed by atoms with Crippen molar-refractivity contribution in [2.45, 2.75) is 0 Å². The van der Waals surface area contributed by atoms with E-state index in [0.717, 1.165) is 5.56 Å². The normalized spacial score (nSPS) is 7.38. The van der Waals surface area contributed by atoms with Crippen molar-refractivity contribution in [2.24, 2.45) is 0 Å². The van der Waals surface area contributed by atoms with Gasteiger partial charge in [-0.1, -0.05) is 6.07 Å². The van der Waals surface area contributed by atoms with E-state index in [4.69, 9.17) is 0 Å². The van der Waals surface area contributed by atoms with Gasteiger partial charge >= 0.3 is 23.1 Å². The fraction of sp³-hybridized carbons (Fsp3) is 0. The van der Waals surface area contributed by atoms with Crippen molar-refractivity contribution in [3.05, 3.63) is 49.5 Å². The Balaban J connectivity index is -0.000000150. The zero-order chi connectivity index (χ0) is 8.69. The van der Waals surface area contributed by atoms with E-state index in [1.54, 1.807) is 0 Å². The zero-order valence-corrected chi connectivity index (χ0v) is 9.97. The van der Waals surface area contributed by atoms with Crippen LogP contribution in [0.1, 0.15) is 5.56 Å². The Labute approximate surface area is 102 Å². The van der Waals surface area contributed by atoms with Crippen LogP contribution in [-0.2, 0) is 0 Å². The Hall–Kier alpha value is 0.126. The van der Waals surface area contributed by atoms with Crippen LogP contribution in [0.25, 0.3) is 0 Å². The molecule has 0 aliphatic heterocycles. The Kier molecular flexibility index (Phi) is 17.6. The molecule has 0 amide bonds. The maximum atomic E-state index is 9.58. The van der Waals surface area contributed by atoms with Gasteiger partial charge in [-0.25, -0.2) is 0 Å². The van der Waals surface area contributed by atoms with Gasteiger partial charge in [0, 0.05) is 0 Å². The summed E-state index contributed by atoms with van der Waals surface area (Å²) in [5.74, 6) is 0. The summed E-state index contributed by atoms with van der Waals surface area (Å²) >= 11 is 0. The Morgan fingerprint density at radius 2 is 1.31 bits per heavy atom. The molecule has 1 aromatic carbocycles. The fourth-order valence-electron chi connectivity index (χ4n) is 0.478. The average Bonchev–Trinajstić information content (AvgIpc) is 1.87. The summed E-state index contributed by atoms with van der Waals surface area (Å²) in [6, 6.07) is 9.87. The van der Waals surface area contributed by atoms with E-state index < -0.39 is 6.68 Å². The van der Waals surface area contributed by atoms with E-state index in [9.17, 15) is 13.2 Å². The molecule has 0 saturated carbocycles. The van der Waals surface area contributed by atoms with E-state index >= 15 is 0 Å². The van der Waals surface area contributed by atoms with Crippen molar-refractivity contribution < 1.29 is 13.2 Å².